The molecule has 12 nitrogen and oxygen atoms in total. The topological polar surface area (TPSA) is 121 Å². The lowest BCUT2D eigenvalue weighted by atomic mass is 9.89. The number of carbonyl (C=O) groups is 3. The second kappa shape index (κ2) is 15.7. The maximum Gasteiger partial charge on any atom is 0.255 e. The van der Waals surface area contributed by atoms with Crippen LogP contribution in [-0.4, -0.2) is 117 Å². The van der Waals surface area contributed by atoms with E-state index in [4.69, 9.17) is 9.97 Å². The Morgan fingerprint density at radius 2 is 1.71 bits per heavy atom. The molecule has 13 heteroatoms. The quantitative estimate of drug-likeness (QED) is 0.197. The van der Waals surface area contributed by atoms with E-state index in [2.05, 4.69) is 67.2 Å². The van der Waals surface area contributed by atoms with Crippen molar-refractivity contribution in [2.75, 3.05) is 62.2 Å². The predicted molar refractivity (Wildman–Crippen MR) is 223 cm³/mol. The largest absolute Gasteiger partial charge is 0.369 e. The summed E-state index contributed by atoms with van der Waals surface area (Å²) in [6.07, 6.45) is 10.1. The number of alkyl halides is 1. The molecule has 58 heavy (non-hydrogen) atoms. The van der Waals surface area contributed by atoms with Gasteiger partial charge in [0.15, 0.2) is 0 Å². The molecule has 1 unspecified atom stereocenters. The molecule has 2 N–H and O–H groups in total. The zero-order valence-electron chi connectivity index (χ0n) is 34.1. The maximum atomic E-state index is 15.2. The maximum absolute atomic E-state index is 15.2. The van der Waals surface area contributed by atoms with Crippen LogP contribution >= 0.6 is 0 Å². The number of imide groups is 1. The Hall–Kier alpha value is -4.88. The highest BCUT2D eigenvalue weighted by molar-refractivity contribution is 6.05. The van der Waals surface area contributed by atoms with Crippen molar-refractivity contribution < 1.29 is 18.8 Å². The van der Waals surface area contributed by atoms with Crippen LogP contribution in [0.3, 0.4) is 0 Å². The summed E-state index contributed by atoms with van der Waals surface area (Å²) in [4.78, 5) is 62.1. The van der Waals surface area contributed by atoms with Crippen LogP contribution < -0.4 is 15.1 Å². The van der Waals surface area contributed by atoms with Gasteiger partial charge in [-0.2, -0.15) is 0 Å². The van der Waals surface area contributed by atoms with Crippen molar-refractivity contribution in [3.05, 3.63) is 82.9 Å². The van der Waals surface area contributed by atoms with Gasteiger partial charge in [0.2, 0.25) is 11.8 Å². The Kier molecular flexibility index (Phi) is 10.5. The van der Waals surface area contributed by atoms with E-state index in [1.165, 1.54) is 23.8 Å². The number of halogens is 1. The van der Waals surface area contributed by atoms with Gasteiger partial charge in [0, 0.05) is 92.7 Å². The number of anilines is 2. The van der Waals surface area contributed by atoms with Crippen LogP contribution in [0.2, 0.25) is 0 Å². The average molecular weight is 790 g/mol. The number of nitrogens with zero attached hydrogens (tertiary/aromatic N) is 7. The Bertz CT molecular complexity index is 2170. The van der Waals surface area contributed by atoms with Crippen LogP contribution in [0.4, 0.5) is 15.9 Å². The summed E-state index contributed by atoms with van der Waals surface area (Å²) < 4.78 is 15.2. The minimum Gasteiger partial charge on any atom is -0.369 e. The highest BCUT2D eigenvalue weighted by atomic mass is 19.1. The monoisotopic (exact) mass is 789 g/mol. The van der Waals surface area contributed by atoms with Crippen molar-refractivity contribution in [1.82, 2.24) is 35.0 Å². The fourth-order valence-electron chi connectivity index (χ4n) is 10.2. The predicted octanol–water partition coefficient (Wildman–Crippen LogP) is 5.62. The lowest BCUT2D eigenvalue weighted by molar-refractivity contribution is -0.136. The van der Waals surface area contributed by atoms with E-state index in [1.807, 2.05) is 24.5 Å². The molecule has 3 amide bonds. The third-order valence-corrected chi connectivity index (χ3v) is 13.3. The van der Waals surface area contributed by atoms with Crippen LogP contribution in [0, 0.1) is 5.92 Å². The van der Waals surface area contributed by atoms with Crippen LogP contribution in [0.25, 0.3) is 10.9 Å². The molecule has 7 heterocycles. The van der Waals surface area contributed by atoms with Gasteiger partial charge in [-0.1, -0.05) is 18.2 Å². The number of piperazine rings is 1. The molecule has 5 aliphatic heterocycles. The standard InChI is InChI=1S/C45H56FN9O3/c1-29-23-35-34-8-4-5-9-36(34)49-41(35)42(55(29)28-45(2,3)46)37-25-48-39(26-47-37)53-17-14-30(15-18-53)7-6-16-51-19-21-52(22-20-51)32-10-11-33-31(24-32)27-54(44(33)58)38-12-13-40(56)50-43(38)57/h4-5,8-11,24-26,29-30,38,42,49H,6-7,12-23,27-28H2,1-3H3,(H,50,56,57)/t29-,38?,42-/m1/s1. The molecule has 9 rings (SSSR count). The molecule has 5 aliphatic rings. The molecule has 2 aromatic heterocycles. The molecule has 2 aromatic carbocycles. The van der Waals surface area contributed by atoms with Gasteiger partial charge >= 0.3 is 0 Å². The van der Waals surface area contributed by atoms with E-state index in [-0.39, 0.29) is 36.2 Å². The van der Waals surface area contributed by atoms with Crippen molar-refractivity contribution in [1.29, 1.82) is 0 Å². The van der Waals surface area contributed by atoms with Gasteiger partial charge in [-0.25, -0.2) is 9.37 Å². The van der Waals surface area contributed by atoms with Crippen LogP contribution in [0.1, 0.15) is 98.2 Å². The lowest BCUT2D eigenvalue weighted by Gasteiger charge is -2.42. The van der Waals surface area contributed by atoms with Crippen molar-refractivity contribution in [3.63, 3.8) is 0 Å². The number of benzene rings is 2. The number of hydrogen-bond donors (Lipinski definition) is 2. The molecular formula is C45H56FN9O3. The third-order valence-electron chi connectivity index (χ3n) is 13.3. The first-order chi connectivity index (χ1) is 28.0. The van der Waals surface area contributed by atoms with Gasteiger partial charge < -0.3 is 19.7 Å². The minimum atomic E-state index is -1.34. The average Bonchev–Trinajstić information content (AvgIpc) is 3.74. The molecule has 306 valence electrons. The fourth-order valence-corrected chi connectivity index (χ4v) is 10.2. The number of amides is 3. The zero-order valence-corrected chi connectivity index (χ0v) is 34.1. The molecule has 0 aliphatic carbocycles. The Balaban J connectivity index is 0.745. The second-order valence-electron chi connectivity index (χ2n) is 17.9. The van der Waals surface area contributed by atoms with E-state index in [0.717, 1.165) is 99.0 Å². The molecule has 0 spiro atoms. The number of piperidine rings is 2. The van der Waals surface area contributed by atoms with Crippen LogP contribution in [0.15, 0.2) is 54.9 Å². The number of aromatic amines is 1. The normalized spacial score (nSPS) is 23.8. The minimum absolute atomic E-state index is 0.128. The summed E-state index contributed by atoms with van der Waals surface area (Å²) in [6.45, 7) is 13.2. The molecule has 0 radical (unpaired) electrons. The molecule has 0 saturated carbocycles. The summed E-state index contributed by atoms with van der Waals surface area (Å²) >= 11 is 0. The van der Waals surface area contributed by atoms with Crippen molar-refractivity contribution in [3.8, 4) is 0 Å². The van der Waals surface area contributed by atoms with E-state index in [1.54, 1.807) is 18.7 Å². The summed E-state index contributed by atoms with van der Waals surface area (Å²) in [5.74, 6) is 0.850. The van der Waals surface area contributed by atoms with Gasteiger partial charge in [0.1, 0.15) is 17.5 Å². The first kappa shape index (κ1) is 38.6. The van der Waals surface area contributed by atoms with E-state index < -0.39 is 11.7 Å². The van der Waals surface area contributed by atoms with E-state index in [9.17, 15) is 14.4 Å². The summed E-state index contributed by atoms with van der Waals surface area (Å²) in [6, 6.07) is 13.8. The first-order valence-corrected chi connectivity index (χ1v) is 21.3. The number of hydrogen-bond acceptors (Lipinski definition) is 9. The first-order valence-electron chi connectivity index (χ1n) is 21.3. The van der Waals surface area contributed by atoms with Crippen LogP contribution in [0.5, 0.6) is 0 Å². The summed E-state index contributed by atoms with van der Waals surface area (Å²) in [5.41, 5.74) is 5.75. The zero-order chi connectivity index (χ0) is 40.1. The smallest absolute Gasteiger partial charge is 0.255 e. The van der Waals surface area contributed by atoms with Gasteiger partial charge in [-0.15, -0.1) is 0 Å². The lowest BCUT2D eigenvalue weighted by Crippen LogP contribution is -2.52. The number of fused-ring (bicyclic) bond motifs is 4. The number of H-pyrrole nitrogens is 1. The Labute approximate surface area is 340 Å². The molecule has 4 aromatic rings. The van der Waals surface area contributed by atoms with Crippen molar-refractivity contribution in [2.45, 2.75) is 96.1 Å². The van der Waals surface area contributed by atoms with Crippen molar-refractivity contribution >= 4 is 40.1 Å². The van der Waals surface area contributed by atoms with E-state index in [0.29, 0.717) is 31.0 Å². The molecule has 3 atom stereocenters. The van der Waals surface area contributed by atoms with Gasteiger partial charge in [-0.05, 0) is 107 Å². The molecule has 0 bridgehead atoms. The number of aromatic nitrogens is 3. The highest BCUT2D eigenvalue weighted by Gasteiger charge is 2.41. The van der Waals surface area contributed by atoms with Crippen LogP contribution in [-0.2, 0) is 22.6 Å². The molecular weight excluding hydrogens is 734 g/mol. The number of rotatable bonds is 10. The third kappa shape index (κ3) is 7.70. The summed E-state index contributed by atoms with van der Waals surface area (Å²) in [7, 11) is 0. The van der Waals surface area contributed by atoms with Crippen molar-refractivity contribution in [2.24, 2.45) is 5.92 Å². The van der Waals surface area contributed by atoms with Gasteiger partial charge in [0.25, 0.3) is 5.91 Å². The number of para-hydroxylation sites is 1. The summed E-state index contributed by atoms with van der Waals surface area (Å²) in [5, 5.41) is 3.62. The van der Waals surface area contributed by atoms with Gasteiger partial charge in [-0.3, -0.25) is 34.5 Å². The molecule has 3 fully saturated rings. The van der Waals surface area contributed by atoms with Gasteiger partial charge in [0.05, 0.1) is 24.1 Å². The molecule has 3 saturated heterocycles. The number of nitrogens with one attached hydrogen (secondary N) is 2. The van der Waals surface area contributed by atoms with E-state index >= 15 is 4.39 Å². The SMILES string of the molecule is C[C@@H]1Cc2c([nH]c3ccccc23)[C@@H](c2cnc(N3CCC(CCCN4CCN(c5ccc6c(c5)CN(C5CCC(=O)NC5=O)C6=O)CC4)CC3)cn2)N1CC(C)(C)F. The Morgan fingerprint density at radius 1 is 0.914 bits per heavy atom. The Morgan fingerprint density at radius 3 is 2.45 bits per heavy atom. The second-order valence-corrected chi connectivity index (χ2v) is 17.9. The fraction of sp³-hybridized carbons (Fsp3) is 0.533. The highest BCUT2D eigenvalue weighted by Crippen LogP contribution is 2.41. The number of carbonyl (C=O) groups excluding carboxylic acids is 3.